The van der Waals surface area contributed by atoms with Gasteiger partial charge >= 0.3 is 0 Å². The molecule has 0 aliphatic heterocycles. The molecule has 6 nitrogen and oxygen atoms in total. The first-order valence-electron chi connectivity index (χ1n) is 6.44. The van der Waals surface area contributed by atoms with Crippen molar-refractivity contribution in [2.75, 3.05) is 7.11 Å². The van der Waals surface area contributed by atoms with Gasteiger partial charge in [0.2, 0.25) is 0 Å². The zero-order valence-corrected chi connectivity index (χ0v) is 12.2. The Labute approximate surface area is 122 Å². The fourth-order valence-electron chi connectivity index (χ4n) is 2.10. The van der Waals surface area contributed by atoms with E-state index in [4.69, 9.17) is 10.00 Å². The molecule has 1 aliphatic rings. The lowest BCUT2D eigenvalue weighted by Gasteiger charge is -2.06. The van der Waals surface area contributed by atoms with Crippen LogP contribution in [0.1, 0.15) is 18.4 Å². The molecule has 1 heterocycles. The van der Waals surface area contributed by atoms with E-state index in [0.29, 0.717) is 35.3 Å². The molecule has 7 heteroatoms. The largest absolute Gasteiger partial charge is 0.496 e. The smallest absolute Gasteiger partial charge is 0.256 e. The molecule has 0 saturated heterocycles. The van der Waals surface area contributed by atoms with Gasteiger partial charge < -0.3 is 4.74 Å². The predicted molar refractivity (Wildman–Crippen MR) is 76.3 cm³/mol. The lowest BCUT2D eigenvalue weighted by atomic mass is 10.1. The highest BCUT2D eigenvalue weighted by Crippen LogP contribution is 2.33. The topological polar surface area (TPSA) is 85.0 Å². The number of nitriles is 1. The van der Waals surface area contributed by atoms with Crippen LogP contribution in [0.5, 0.6) is 5.75 Å². The van der Waals surface area contributed by atoms with Crippen molar-refractivity contribution in [3.05, 3.63) is 36.2 Å². The molecular formula is C14H13N3O3S. The van der Waals surface area contributed by atoms with Crippen LogP contribution >= 0.6 is 0 Å². The van der Waals surface area contributed by atoms with Crippen molar-refractivity contribution in [2.24, 2.45) is 0 Å². The molecule has 0 N–H and O–H groups in total. The third-order valence-electron chi connectivity index (χ3n) is 3.41. The maximum atomic E-state index is 12.1. The molecule has 0 spiro atoms. The lowest BCUT2D eigenvalue weighted by Crippen LogP contribution is -2.17. The van der Waals surface area contributed by atoms with Crippen molar-refractivity contribution in [1.29, 1.82) is 5.26 Å². The van der Waals surface area contributed by atoms with E-state index >= 15 is 0 Å². The summed E-state index contributed by atoms with van der Waals surface area (Å²) in [4.78, 5) is 0. The number of hydrogen-bond acceptors (Lipinski definition) is 5. The molecule has 0 bridgehead atoms. The fourth-order valence-corrected chi connectivity index (χ4v) is 3.58. The molecule has 0 radical (unpaired) electrons. The second-order valence-electron chi connectivity index (χ2n) is 4.87. The Hall–Kier alpha value is -2.33. The van der Waals surface area contributed by atoms with Crippen LogP contribution in [0.2, 0.25) is 0 Å². The number of benzene rings is 1. The first-order chi connectivity index (χ1) is 10.1. The van der Waals surface area contributed by atoms with Gasteiger partial charge in [0, 0.05) is 11.1 Å². The molecule has 0 amide bonds. The Bertz CT molecular complexity index is 829. The summed E-state index contributed by atoms with van der Waals surface area (Å²) >= 11 is 0. The number of aromatic nitrogens is 2. The molecule has 0 unspecified atom stereocenters. The molecule has 3 rings (SSSR count). The second kappa shape index (κ2) is 4.90. The van der Waals surface area contributed by atoms with Crippen LogP contribution in [0.15, 0.2) is 30.6 Å². The Morgan fingerprint density at radius 2 is 2.19 bits per heavy atom. The number of rotatable bonds is 4. The van der Waals surface area contributed by atoms with Crippen molar-refractivity contribution in [3.63, 3.8) is 0 Å². The summed E-state index contributed by atoms with van der Waals surface area (Å²) in [7, 11) is -1.87. The average molecular weight is 303 g/mol. The quantitative estimate of drug-likeness (QED) is 0.859. The molecule has 108 valence electrons. The highest BCUT2D eigenvalue weighted by molar-refractivity contribution is 7.90. The molecular weight excluding hydrogens is 290 g/mol. The van der Waals surface area contributed by atoms with Gasteiger partial charge in [0.15, 0.2) is 0 Å². The van der Waals surface area contributed by atoms with Gasteiger partial charge in [-0.25, -0.2) is 8.42 Å². The Morgan fingerprint density at radius 1 is 1.43 bits per heavy atom. The number of hydrogen-bond donors (Lipinski definition) is 0. The second-order valence-corrected chi connectivity index (χ2v) is 6.94. The summed E-state index contributed by atoms with van der Waals surface area (Å²) in [6, 6.07) is 7.03. The van der Waals surface area contributed by atoms with E-state index in [1.54, 1.807) is 18.2 Å². The summed E-state index contributed by atoms with van der Waals surface area (Å²) in [6.07, 6.45) is 4.36. The third-order valence-corrected chi connectivity index (χ3v) is 5.44. The van der Waals surface area contributed by atoms with Crippen molar-refractivity contribution >= 4 is 10.0 Å². The fraction of sp³-hybridized carbons (Fsp3) is 0.286. The summed E-state index contributed by atoms with van der Waals surface area (Å²) in [5, 5.41) is 12.5. The molecule has 1 aromatic heterocycles. The van der Waals surface area contributed by atoms with Crippen LogP contribution in [0.25, 0.3) is 11.1 Å². The van der Waals surface area contributed by atoms with Gasteiger partial charge in [-0.2, -0.15) is 14.4 Å². The Kier molecular flexibility index (Phi) is 3.18. The Balaban J connectivity index is 2.02. The molecule has 0 atom stereocenters. The highest BCUT2D eigenvalue weighted by Gasteiger charge is 2.37. The first kappa shape index (κ1) is 13.6. The van der Waals surface area contributed by atoms with Crippen LogP contribution < -0.4 is 4.74 Å². The van der Waals surface area contributed by atoms with E-state index in [9.17, 15) is 8.42 Å². The monoisotopic (exact) mass is 303 g/mol. The molecule has 1 fully saturated rings. The Morgan fingerprint density at radius 3 is 2.81 bits per heavy atom. The van der Waals surface area contributed by atoms with Crippen molar-refractivity contribution in [2.45, 2.75) is 18.1 Å². The zero-order valence-electron chi connectivity index (χ0n) is 11.4. The van der Waals surface area contributed by atoms with E-state index in [2.05, 4.69) is 5.10 Å². The molecule has 21 heavy (non-hydrogen) atoms. The number of nitrogens with zero attached hydrogens (tertiary/aromatic N) is 3. The van der Waals surface area contributed by atoms with Crippen molar-refractivity contribution < 1.29 is 13.2 Å². The predicted octanol–water partition coefficient (Wildman–Crippen LogP) is 1.77. The molecule has 1 aliphatic carbocycles. The van der Waals surface area contributed by atoms with E-state index in [1.807, 2.05) is 6.07 Å². The minimum Gasteiger partial charge on any atom is -0.496 e. The van der Waals surface area contributed by atoms with Gasteiger partial charge in [0.05, 0.1) is 36.4 Å². The summed E-state index contributed by atoms with van der Waals surface area (Å²) in [5.41, 5.74) is 1.82. The van der Waals surface area contributed by atoms with Gasteiger partial charge in [-0.1, -0.05) is 0 Å². The van der Waals surface area contributed by atoms with Crippen LogP contribution in [0.4, 0.5) is 0 Å². The van der Waals surface area contributed by atoms with Crippen LogP contribution in [-0.4, -0.2) is 30.0 Å². The third kappa shape index (κ3) is 2.38. The van der Waals surface area contributed by atoms with Gasteiger partial charge in [-0.05, 0) is 31.0 Å². The van der Waals surface area contributed by atoms with Crippen LogP contribution in [0, 0.1) is 11.3 Å². The zero-order chi connectivity index (χ0) is 15.0. The number of methoxy groups -OCH3 is 1. The first-order valence-corrected chi connectivity index (χ1v) is 7.94. The SMILES string of the molecule is COc1cc(C#N)ccc1-c1cnn(S(=O)(=O)C2CC2)c1. The van der Waals surface area contributed by atoms with Crippen LogP contribution in [0.3, 0.4) is 0 Å². The summed E-state index contributed by atoms with van der Waals surface area (Å²) in [6.45, 7) is 0. The summed E-state index contributed by atoms with van der Waals surface area (Å²) < 4.78 is 30.5. The van der Waals surface area contributed by atoms with Gasteiger partial charge in [-0.15, -0.1) is 0 Å². The molecule has 1 saturated carbocycles. The minimum absolute atomic E-state index is 0.312. The van der Waals surface area contributed by atoms with Gasteiger partial charge in [-0.3, -0.25) is 0 Å². The minimum atomic E-state index is -3.37. The van der Waals surface area contributed by atoms with E-state index in [-0.39, 0.29) is 5.25 Å². The van der Waals surface area contributed by atoms with Gasteiger partial charge in [0.25, 0.3) is 10.0 Å². The van der Waals surface area contributed by atoms with Gasteiger partial charge in [0.1, 0.15) is 5.75 Å². The van der Waals surface area contributed by atoms with Crippen molar-refractivity contribution in [3.8, 4) is 22.9 Å². The van der Waals surface area contributed by atoms with E-state index in [1.165, 1.54) is 19.5 Å². The molecule has 1 aromatic carbocycles. The average Bonchev–Trinajstić information content (AvgIpc) is 3.24. The lowest BCUT2D eigenvalue weighted by molar-refractivity contribution is 0.416. The maximum Gasteiger partial charge on any atom is 0.256 e. The molecule has 2 aromatic rings. The summed E-state index contributed by atoms with van der Waals surface area (Å²) in [5.74, 6) is 0.511. The maximum absolute atomic E-state index is 12.1. The number of ether oxygens (including phenoxy) is 1. The normalized spacial score (nSPS) is 14.7. The van der Waals surface area contributed by atoms with E-state index in [0.717, 1.165) is 4.09 Å². The van der Waals surface area contributed by atoms with Crippen molar-refractivity contribution in [1.82, 2.24) is 9.19 Å². The highest BCUT2D eigenvalue weighted by atomic mass is 32.2. The standard InChI is InChI=1S/C14H13N3O3S/c1-20-14-6-10(7-15)2-5-13(14)11-8-16-17(9-11)21(18,19)12-3-4-12/h2,5-6,8-9,12H,3-4H2,1H3. The van der Waals surface area contributed by atoms with Crippen LogP contribution in [-0.2, 0) is 10.0 Å². The van der Waals surface area contributed by atoms with E-state index < -0.39 is 10.0 Å².